The summed E-state index contributed by atoms with van der Waals surface area (Å²) in [5, 5.41) is 1.64. The quantitative estimate of drug-likeness (QED) is 0.852. The first-order valence-corrected chi connectivity index (χ1v) is 7.39. The summed E-state index contributed by atoms with van der Waals surface area (Å²) >= 11 is 1.06. The minimum absolute atomic E-state index is 0.108. The summed E-state index contributed by atoms with van der Waals surface area (Å²) in [6.07, 6.45) is 0. The van der Waals surface area contributed by atoms with E-state index in [0.717, 1.165) is 17.4 Å². The van der Waals surface area contributed by atoms with Gasteiger partial charge >= 0.3 is 0 Å². The van der Waals surface area contributed by atoms with Gasteiger partial charge in [0.15, 0.2) is 0 Å². The molecule has 0 bridgehead atoms. The molecule has 0 radical (unpaired) electrons. The number of hydrogen-bond acceptors (Lipinski definition) is 4. The van der Waals surface area contributed by atoms with Gasteiger partial charge in [0, 0.05) is 5.69 Å². The van der Waals surface area contributed by atoms with E-state index in [0.29, 0.717) is 11.3 Å². The van der Waals surface area contributed by atoms with Crippen molar-refractivity contribution in [3.8, 4) is 0 Å². The van der Waals surface area contributed by atoms with Crippen molar-refractivity contribution in [2.45, 2.75) is 11.1 Å². The number of nitrogens with two attached hydrogens (primary N) is 1. The summed E-state index contributed by atoms with van der Waals surface area (Å²) in [5.74, 6) is -0.651. The van der Waals surface area contributed by atoms with Gasteiger partial charge in [-0.3, -0.25) is 4.72 Å². The topological polar surface area (TPSA) is 72.2 Å². The second-order valence-electron chi connectivity index (χ2n) is 3.67. The Kier molecular flexibility index (Phi) is 3.27. The molecule has 0 amide bonds. The Balaban J connectivity index is 2.45. The lowest BCUT2D eigenvalue weighted by atomic mass is 10.1. The lowest BCUT2D eigenvalue weighted by Gasteiger charge is -2.11. The Hall–Kier alpha value is -1.60. The molecular formula is C11H11FN2O2S2. The molecule has 1 aromatic heterocycles. The Morgan fingerprint density at radius 2 is 2.06 bits per heavy atom. The molecule has 1 heterocycles. The van der Waals surface area contributed by atoms with Gasteiger partial charge in [0.1, 0.15) is 10.0 Å². The van der Waals surface area contributed by atoms with Crippen LogP contribution in [-0.4, -0.2) is 8.42 Å². The molecule has 3 N–H and O–H groups in total. The van der Waals surface area contributed by atoms with Gasteiger partial charge in [-0.2, -0.15) is 0 Å². The number of sulfonamides is 1. The summed E-state index contributed by atoms with van der Waals surface area (Å²) < 4.78 is 39.9. The van der Waals surface area contributed by atoms with Crippen molar-refractivity contribution in [1.82, 2.24) is 0 Å². The van der Waals surface area contributed by atoms with Crippen LogP contribution in [0, 0.1) is 12.7 Å². The lowest BCUT2D eigenvalue weighted by molar-refractivity contribution is 0.600. The van der Waals surface area contributed by atoms with Crippen molar-refractivity contribution in [2.24, 2.45) is 0 Å². The monoisotopic (exact) mass is 286 g/mol. The van der Waals surface area contributed by atoms with Crippen LogP contribution in [0.15, 0.2) is 33.9 Å². The number of anilines is 2. The molecule has 0 unspecified atom stereocenters. The number of nitrogen functional groups attached to an aromatic ring is 1. The summed E-state index contributed by atoms with van der Waals surface area (Å²) in [6, 6.07) is 5.59. The predicted molar refractivity (Wildman–Crippen MR) is 70.7 cm³/mol. The van der Waals surface area contributed by atoms with Crippen LogP contribution in [0.3, 0.4) is 0 Å². The normalized spacial score (nSPS) is 11.4. The average Bonchev–Trinajstić information content (AvgIpc) is 2.84. The van der Waals surface area contributed by atoms with Crippen LogP contribution in [0.25, 0.3) is 0 Å². The first kappa shape index (κ1) is 12.8. The molecule has 7 heteroatoms. The molecule has 2 aromatic rings. The highest BCUT2D eigenvalue weighted by Crippen LogP contribution is 2.28. The van der Waals surface area contributed by atoms with Gasteiger partial charge < -0.3 is 5.73 Å². The van der Waals surface area contributed by atoms with Crippen LogP contribution in [0.4, 0.5) is 15.8 Å². The third-order valence-corrected chi connectivity index (χ3v) is 5.20. The van der Waals surface area contributed by atoms with E-state index in [2.05, 4.69) is 4.72 Å². The number of halogens is 1. The second-order valence-corrected chi connectivity index (χ2v) is 6.53. The van der Waals surface area contributed by atoms with Gasteiger partial charge in [-0.1, -0.05) is 6.07 Å². The lowest BCUT2D eigenvalue weighted by Crippen LogP contribution is -2.14. The third-order valence-electron chi connectivity index (χ3n) is 2.45. The molecule has 1 aromatic carbocycles. The number of rotatable bonds is 3. The Morgan fingerprint density at radius 1 is 1.33 bits per heavy atom. The van der Waals surface area contributed by atoms with E-state index in [1.807, 2.05) is 0 Å². The molecule has 0 saturated carbocycles. The first-order chi connectivity index (χ1) is 8.42. The molecule has 0 aliphatic carbocycles. The van der Waals surface area contributed by atoms with Crippen LogP contribution in [0.5, 0.6) is 0 Å². The number of benzene rings is 1. The van der Waals surface area contributed by atoms with E-state index in [9.17, 15) is 12.8 Å². The zero-order chi connectivity index (χ0) is 13.3. The fourth-order valence-electron chi connectivity index (χ4n) is 1.42. The average molecular weight is 286 g/mol. The van der Waals surface area contributed by atoms with Crippen LogP contribution in [-0.2, 0) is 10.0 Å². The van der Waals surface area contributed by atoms with E-state index in [1.54, 1.807) is 18.4 Å². The molecule has 4 nitrogen and oxygen atoms in total. The maximum atomic E-state index is 13.6. The SMILES string of the molecule is Cc1c(N)ccc(F)c1NS(=O)(=O)c1cccs1. The molecule has 0 spiro atoms. The van der Waals surface area contributed by atoms with Crippen LogP contribution in [0.2, 0.25) is 0 Å². The Morgan fingerprint density at radius 3 is 2.67 bits per heavy atom. The van der Waals surface area contributed by atoms with Crippen molar-refractivity contribution >= 4 is 32.7 Å². The molecule has 0 fully saturated rings. The highest BCUT2D eigenvalue weighted by Gasteiger charge is 2.19. The zero-order valence-corrected chi connectivity index (χ0v) is 11.1. The third kappa shape index (κ3) is 2.32. The van der Waals surface area contributed by atoms with Crippen molar-refractivity contribution in [2.75, 3.05) is 10.5 Å². The Bertz CT molecular complexity index is 667. The van der Waals surface area contributed by atoms with Crippen LogP contribution >= 0.6 is 11.3 Å². The van der Waals surface area contributed by atoms with Gasteiger partial charge in [0.2, 0.25) is 0 Å². The van der Waals surface area contributed by atoms with E-state index in [4.69, 9.17) is 5.73 Å². The van der Waals surface area contributed by atoms with Gasteiger partial charge in [-0.05, 0) is 36.1 Å². The Labute approximate surface area is 108 Å². The first-order valence-electron chi connectivity index (χ1n) is 5.03. The maximum absolute atomic E-state index is 13.6. The van der Waals surface area contributed by atoms with E-state index in [-0.39, 0.29) is 9.90 Å². The van der Waals surface area contributed by atoms with Gasteiger partial charge in [-0.15, -0.1) is 11.3 Å². The van der Waals surface area contributed by atoms with Crippen LogP contribution in [0.1, 0.15) is 5.56 Å². The largest absolute Gasteiger partial charge is 0.398 e. The van der Waals surface area contributed by atoms with Crippen molar-refractivity contribution < 1.29 is 12.8 Å². The fraction of sp³-hybridized carbons (Fsp3) is 0.0909. The van der Waals surface area contributed by atoms with Crippen molar-refractivity contribution in [3.63, 3.8) is 0 Å². The highest BCUT2D eigenvalue weighted by molar-refractivity contribution is 7.94. The van der Waals surface area contributed by atoms with Crippen molar-refractivity contribution in [3.05, 3.63) is 41.0 Å². The highest BCUT2D eigenvalue weighted by atomic mass is 32.2. The van der Waals surface area contributed by atoms with Gasteiger partial charge in [0.05, 0.1) is 5.69 Å². The summed E-state index contributed by atoms with van der Waals surface area (Å²) in [6.45, 7) is 1.56. The molecule has 96 valence electrons. The summed E-state index contributed by atoms with van der Waals surface area (Å²) in [5.41, 5.74) is 6.22. The van der Waals surface area contributed by atoms with Gasteiger partial charge in [-0.25, -0.2) is 12.8 Å². The minimum Gasteiger partial charge on any atom is -0.398 e. The van der Waals surface area contributed by atoms with Crippen molar-refractivity contribution in [1.29, 1.82) is 0 Å². The predicted octanol–water partition coefficient (Wildman–Crippen LogP) is 2.58. The number of nitrogens with one attached hydrogen (secondary N) is 1. The summed E-state index contributed by atoms with van der Waals surface area (Å²) in [4.78, 5) is 0. The van der Waals surface area contributed by atoms with Crippen LogP contribution < -0.4 is 10.5 Å². The molecule has 0 saturated heterocycles. The minimum atomic E-state index is -3.76. The number of thiophene rings is 1. The standard InChI is InChI=1S/C11H11FN2O2S2/c1-7-9(13)5-4-8(12)11(7)14-18(15,16)10-3-2-6-17-10/h2-6,14H,13H2,1H3. The second kappa shape index (κ2) is 4.58. The molecule has 18 heavy (non-hydrogen) atoms. The van der Waals surface area contributed by atoms with E-state index >= 15 is 0 Å². The van der Waals surface area contributed by atoms with E-state index in [1.165, 1.54) is 12.1 Å². The van der Waals surface area contributed by atoms with Gasteiger partial charge in [0.25, 0.3) is 10.0 Å². The zero-order valence-electron chi connectivity index (χ0n) is 9.48. The molecule has 0 atom stereocenters. The molecular weight excluding hydrogens is 275 g/mol. The summed E-state index contributed by atoms with van der Waals surface area (Å²) in [7, 11) is -3.76. The molecule has 0 aliphatic rings. The number of hydrogen-bond donors (Lipinski definition) is 2. The van der Waals surface area contributed by atoms with E-state index < -0.39 is 15.8 Å². The maximum Gasteiger partial charge on any atom is 0.271 e. The fourth-order valence-corrected chi connectivity index (χ4v) is 3.55. The smallest absolute Gasteiger partial charge is 0.271 e. The molecule has 0 aliphatic heterocycles. The molecule has 2 rings (SSSR count).